The number of amides is 1. The average Bonchev–Trinajstić information content (AvgIpc) is 3.12. The number of hydrogen-bond acceptors (Lipinski definition) is 3. The molecule has 6 heteroatoms. The van der Waals surface area contributed by atoms with E-state index >= 15 is 0 Å². The predicted octanol–water partition coefficient (Wildman–Crippen LogP) is 4.40. The number of carboxylic acids is 1. The van der Waals surface area contributed by atoms with Crippen molar-refractivity contribution in [1.29, 1.82) is 0 Å². The van der Waals surface area contributed by atoms with Crippen LogP contribution in [0.3, 0.4) is 0 Å². The Morgan fingerprint density at radius 3 is 2.11 bits per heavy atom. The van der Waals surface area contributed by atoms with E-state index in [9.17, 15) is 9.59 Å². The zero-order valence-electron chi connectivity index (χ0n) is 17.0. The Balaban J connectivity index is 1.91. The molecule has 27 heavy (non-hydrogen) atoms. The first-order valence-electron chi connectivity index (χ1n) is 10.5. The molecule has 0 aliphatic carbocycles. The molecule has 0 unspecified atom stereocenters. The van der Waals surface area contributed by atoms with Crippen LogP contribution in [0.25, 0.3) is 0 Å². The number of rotatable bonds is 16. The highest BCUT2D eigenvalue weighted by atomic mass is 16.4. The van der Waals surface area contributed by atoms with Crippen molar-refractivity contribution in [2.24, 2.45) is 5.92 Å². The minimum atomic E-state index is -0.943. The first kappa shape index (κ1) is 23.2. The lowest BCUT2D eigenvalue weighted by molar-refractivity contribution is -0.142. The van der Waals surface area contributed by atoms with Gasteiger partial charge in [-0.05, 0) is 25.2 Å². The molecule has 1 amide bonds. The molecule has 6 nitrogen and oxygen atoms in total. The van der Waals surface area contributed by atoms with Crippen LogP contribution in [0, 0.1) is 5.92 Å². The van der Waals surface area contributed by atoms with Crippen molar-refractivity contribution < 1.29 is 14.7 Å². The van der Waals surface area contributed by atoms with E-state index in [1.807, 2.05) is 32.6 Å². The molecule has 1 heterocycles. The number of imidazole rings is 1. The van der Waals surface area contributed by atoms with Crippen molar-refractivity contribution in [2.45, 2.75) is 97.1 Å². The van der Waals surface area contributed by atoms with Crippen LogP contribution in [0.1, 0.15) is 84.5 Å². The van der Waals surface area contributed by atoms with Gasteiger partial charge in [-0.15, -0.1) is 0 Å². The Hall–Kier alpha value is -1.85. The first-order valence-corrected chi connectivity index (χ1v) is 10.5. The van der Waals surface area contributed by atoms with Crippen molar-refractivity contribution in [3.05, 3.63) is 18.7 Å². The second-order valence-electron chi connectivity index (χ2n) is 7.82. The van der Waals surface area contributed by atoms with Gasteiger partial charge in [-0.2, -0.15) is 0 Å². The van der Waals surface area contributed by atoms with Gasteiger partial charge in [-0.3, -0.25) is 4.79 Å². The summed E-state index contributed by atoms with van der Waals surface area (Å²) < 4.78 is 2.12. The van der Waals surface area contributed by atoms with Gasteiger partial charge in [-0.1, -0.05) is 58.8 Å². The number of aromatic nitrogens is 2. The number of carbonyl (C=O) groups excluding carboxylic acids is 1. The van der Waals surface area contributed by atoms with Crippen molar-refractivity contribution in [1.82, 2.24) is 14.9 Å². The van der Waals surface area contributed by atoms with Gasteiger partial charge in [-0.25, -0.2) is 9.78 Å². The molecule has 0 bridgehead atoms. The molecule has 0 aliphatic rings. The van der Waals surface area contributed by atoms with Crippen LogP contribution < -0.4 is 5.32 Å². The van der Waals surface area contributed by atoms with Crippen LogP contribution in [0.15, 0.2) is 18.7 Å². The molecule has 1 aromatic heterocycles. The summed E-state index contributed by atoms with van der Waals surface area (Å²) in [6.45, 7) is 4.98. The lowest BCUT2D eigenvalue weighted by Gasteiger charge is -2.16. The monoisotopic (exact) mass is 379 g/mol. The van der Waals surface area contributed by atoms with Gasteiger partial charge in [0.25, 0.3) is 0 Å². The van der Waals surface area contributed by atoms with E-state index in [0.717, 1.165) is 25.8 Å². The fraction of sp³-hybridized carbons (Fsp3) is 0.762. The maximum absolute atomic E-state index is 11.9. The van der Waals surface area contributed by atoms with Crippen molar-refractivity contribution in [2.75, 3.05) is 0 Å². The largest absolute Gasteiger partial charge is 0.480 e. The molecule has 154 valence electrons. The number of nitrogens with one attached hydrogen (secondary N) is 1. The summed E-state index contributed by atoms with van der Waals surface area (Å²) in [6.07, 6.45) is 17.1. The van der Waals surface area contributed by atoms with Gasteiger partial charge in [0.1, 0.15) is 6.04 Å². The van der Waals surface area contributed by atoms with Gasteiger partial charge >= 0.3 is 5.97 Å². The fourth-order valence-electron chi connectivity index (χ4n) is 3.20. The van der Waals surface area contributed by atoms with Crippen molar-refractivity contribution in [3.63, 3.8) is 0 Å². The van der Waals surface area contributed by atoms with Crippen LogP contribution in [0.4, 0.5) is 0 Å². The van der Waals surface area contributed by atoms with Crippen LogP contribution in [0.2, 0.25) is 0 Å². The molecule has 0 saturated carbocycles. The van der Waals surface area contributed by atoms with E-state index in [4.69, 9.17) is 5.11 Å². The summed E-state index contributed by atoms with van der Waals surface area (Å²) in [5.74, 6) is -0.833. The summed E-state index contributed by atoms with van der Waals surface area (Å²) in [5, 5.41) is 11.8. The Morgan fingerprint density at radius 1 is 1.00 bits per heavy atom. The summed E-state index contributed by atoms with van der Waals surface area (Å²) in [7, 11) is 0. The molecule has 0 fully saturated rings. The number of aryl methyl sites for hydroxylation is 1. The highest BCUT2D eigenvalue weighted by Crippen LogP contribution is 2.11. The van der Waals surface area contributed by atoms with E-state index in [-0.39, 0.29) is 11.8 Å². The third kappa shape index (κ3) is 12.2. The quantitative estimate of drug-likeness (QED) is 0.417. The van der Waals surface area contributed by atoms with E-state index in [0.29, 0.717) is 12.8 Å². The van der Waals surface area contributed by atoms with E-state index < -0.39 is 12.0 Å². The lowest BCUT2D eigenvalue weighted by Crippen LogP contribution is -2.41. The SMILES string of the molecule is CC(C)C[C@H](NC(=O)CCCCCCCCCCCn1ccnc1)C(=O)O. The molecule has 0 radical (unpaired) electrons. The van der Waals surface area contributed by atoms with E-state index in [2.05, 4.69) is 14.9 Å². The molecule has 2 N–H and O–H groups in total. The van der Waals surface area contributed by atoms with E-state index in [1.165, 1.54) is 38.5 Å². The Bertz CT molecular complexity index is 515. The maximum atomic E-state index is 11.9. The highest BCUT2D eigenvalue weighted by Gasteiger charge is 2.20. The lowest BCUT2D eigenvalue weighted by atomic mass is 10.0. The molecule has 1 atom stereocenters. The second-order valence-corrected chi connectivity index (χ2v) is 7.82. The van der Waals surface area contributed by atoms with Gasteiger partial charge in [0.05, 0.1) is 6.33 Å². The van der Waals surface area contributed by atoms with Crippen molar-refractivity contribution >= 4 is 11.9 Å². The fourth-order valence-corrected chi connectivity index (χ4v) is 3.20. The van der Waals surface area contributed by atoms with Crippen LogP contribution >= 0.6 is 0 Å². The van der Waals surface area contributed by atoms with Crippen molar-refractivity contribution in [3.8, 4) is 0 Å². The third-order valence-electron chi connectivity index (χ3n) is 4.72. The zero-order valence-corrected chi connectivity index (χ0v) is 17.0. The maximum Gasteiger partial charge on any atom is 0.326 e. The van der Waals surface area contributed by atoms with Crippen LogP contribution in [-0.2, 0) is 16.1 Å². The van der Waals surface area contributed by atoms with Gasteiger partial charge < -0.3 is 15.0 Å². The van der Waals surface area contributed by atoms with Gasteiger partial charge in [0.15, 0.2) is 0 Å². The zero-order chi connectivity index (χ0) is 19.9. The Labute approximate surface area is 163 Å². The van der Waals surface area contributed by atoms with Crippen LogP contribution in [-0.4, -0.2) is 32.6 Å². The molecule has 1 rings (SSSR count). The first-order chi connectivity index (χ1) is 13.0. The minimum absolute atomic E-state index is 0.138. The summed E-state index contributed by atoms with van der Waals surface area (Å²) in [4.78, 5) is 27.1. The minimum Gasteiger partial charge on any atom is -0.480 e. The molecule has 0 aromatic carbocycles. The highest BCUT2D eigenvalue weighted by molar-refractivity contribution is 5.83. The summed E-state index contributed by atoms with van der Waals surface area (Å²) in [5.41, 5.74) is 0. The van der Waals surface area contributed by atoms with Gasteiger partial charge in [0, 0.05) is 25.4 Å². The van der Waals surface area contributed by atoms with E-state index in [1.54, 1.807) is 0 Å². The molecular weight excluding hydrogens is 342 g/mol. The Kier molecular flexibility index (Phi) is 12.2. The molecule has 0 aliphatic heterocycles. The normalized spacial score (nSPS) is 12.3. The summed E-state index contributed by atoms with van der Waals surface area (Å²) in [6, 6.07) is -0.758. The third-order valence-corrected chi connectivity index (χ3v) is 4.72. The number of hydrogen-bond donors (Lipinski definition) is 2. The average molecular weight is 380 g/mol. The Morgan fingerprint density at radius 2 is 1.59 bits per heavy atom. The molecule has 0 spiro atoms. The smallest absolute Gasteiger partial charge is 0.326 e. The number of aliphatic carboxylic acids is 1. The second kappa shape index (κ2) is 14.2. The van der Waals surface area contributed by atoms with Crippen LogP contribution in [0.5, 0.6) is 0 Å². The molecule has 1 aromatic rings. The number of unbranched alkanes of at least 4 members (excludes halogenated alkanes) is 8. The number of carboxylic acid groups (broad SMARTS) is 1. The topological polar surface area (TPSA) is 84.2 Å². The van der Waals surface area contributed by atoms with Gasteiger partial charge in [0.2, 0.25) is 5.91 Å². The number of carbonyl (C=O) groups is 2. The summed E-state index contributed by atoms with van der Waals surface area (Å²) >= 11 is 0. The number of nitrogens with zero attached hydrogens (tertiary/aromatic N) is 2. The molecular formula is C21H37N3O3. The molecule has 0 saturated heterocycles. The standard InChI is InChI=1S/C21H37N3O3/c1-18(2)16-19(21(26)27)23-20(25)12-10-8-6-4-3-5-7-9-11-14-24-15-13-22-17-24/h13,15,17-19H,3-12,14,16H2,1-2H3,(H,23,25)(H,26,27)/t19-/m0/s1. The predicted molar refractivity (Wildman–Crippen MR) is 107 cm³/mol.